The highest BCUT2D eigenvalue weighted by atomic mass is 79.9. The highest BCUT2D eigenvalue weighted by Gasteiger charge is 2.15. The SMILES string of the molecule is CCc1ccc(CC(NC)c2cc(Br)ccc2F)nc1. The molecule has 1 aromatic heterocycles. The lowest BCUT2D eigenvalue weighted by Gasteiger charge is -2.17. The van der Waals surface area contributed by atoms with Crippen molar-refractivity contribution in [1.29, 1.82) is 0 Å². The molecule has 0 aliphatic heterocycles. The van der Waals surface area contributed by atoms with Crippen LogP contribution in [0.15, 0.2) is 41.0 Å². The van der Waals surface area contributed by atoms with E-state index in [0.717, 1.165) is 16.6 Å². The Morgan fingerprint density at radius 2 is 2.10 bits per heavy atom. The molecule has 0 aliphatic carbocycles. The zero-order valence-electron chi connectivity index (χ0n) is 11.7. The van der Waals surface area contributed by atoms with Crippen molar-refractivity contribution in [2.45, 2.75) is 25.8 Å². The third kappa shape index (κ3) is 3.64. The van der Waals surface area contributed by atoms with Crippen LogP contribution in [0, 0.1) is 5.82 Å². The summed E-state index contributed by atoms with van der Waals surface area (Å²) in [5, 5.41) is 3.16. The summed E-state index contributed by atoms with van der Waals surface area (Å²) >= 11 is 3.39. The molecule has 0 aliphatic rings. The van der Waals surface area contributed by atoms with Gasteiger partial charge in [-0.05, 0) is 43.3 Å². The topological polar surface area (TPSA) is 24.9 Å². The van der Waals surface area contributed by atoms with Crippen LogP contribution < -0.4 is 5.32 Å². The Labute approximate surface area is 127 Å². The second-order valence-electron chi connectivity index (χ2n) is 4.72. The summed E-state index contributed by atoms with van der Waals surface area (Å²) in [6, 6.07) is 9.01. The fourth-order valence-corrected chi connectivity index (χ4v) is 2.52. The van der Waals surface area contributed by atoms with Crippen molar-refractivity contribution in [2.75, 3.05) is 7.05 Å². The molecule has 1 atom stereocenters. The standard InChI is InChI=1S/C16H18BrFN2/c1-3-11-4-6-13(20-10-11)9-16(19-2)14-8-12(17)5-7-15(14)18/h4-8,10,16,19H,3,9H2,1-2H3. The summed E-state index contributed by atoms with van der Waals surface area (Å²) in [6.07, 6.45) is 3.52. The van der Waals surface area contributed by atoms with Crippen molar-refractivity contribution in [3.8, 4) is 0 Å². The molecule has 0 radical (unpaired) electrons. The smallest absolute Gasteiger partial charge is 0.128 e. The van der Waals surface area contributed by atoms with E-state index in [1.54, 1.807) is 6.07 Å². The molecule has 0 saturated heterocycles. The maximum Gasteiger partial charge on any atom is 0.128 e. The Hall–Kier alpha value is -1.26. The van der Waals surface area contributed by atoms with E-state index in [1.165, 1.54) is 11.6 Å². The van der Waals surface area contributed by atoms with Gasteiger partial charge in [0.05, 0.1) is 0 Å². The van der Waals surface area contributed by atoms with E-state index in [9.17, 15) is 4.39 Å². The van der Waals surface area contributed by atoms with Crippen molar-refractivity contribution >= 4 is 15.9 Å². The highest BCUT2D eigenvalue weighted by Crippen LogP contribution is 2.24. The van der Waals surface area contributed by atoms with Crippen molar-refractivity contribution in [1.82, 2.24) is 10.3 Å². The number of pyridine rings is 1. The normalized spacial score (nSPS) is 12.4. The number of aromatic nitrogens is 1. The molecule has 0 fully saturated rings. The molecule has 20 heavy (non-hydrogen) atoms. The Kier molecular flexibility index (Phi) is 5.26. The van der Waals surface area contributed by atoms with Gasteiger partial charge >= 0.3 is 0 Å². The number of rotatable bonds is 5. The highest BCUT2D eigenvalue weighted by molar-refractivity contribution is 9.10. The molecule has 1 N–H and O–H groups in total. The zero-order chi connectivity index (χ0) is 14.5. The molecule has 1 unspecified atom stereocenters. The molecule has 4 heteroatoms. The lowest BCUT2D eigenvalue weighted by atomic mass is 10.0. The summed E-state index contributed by atoms with van der Waals surface area (Å²) in [4.78, 5) is 4.44. The van der Waals surface area contributed by atoms with Gasteiger partial charge in [0, 0.05) is 34.4 Å². The zero-order valence-corrected chi connectivity index (χ0v) is 13.2. The fraction of sp³-hybridized carbons (Fsp3) is 0.312. The molecule has 0 bridgehead atoms. The number of nitrogens with one attached hydrogen (secondary N) is 1. The average Bonchev–Trinajstić information content (AvgIpc) is 2.48. The third-order valence-electron chi connectivity index (χ3n) is 3.39. The van der Waals surface area contributed by atoms with Crippen LogP contribution in [0.1, 0.15) is 29.8 Å². The first-order valence-corrected chi connectivity index (χ1v) is 7.49. The van der Waals surface area contributed by atoms with Gasteiger partial charge in [-0.1, -0.05) is 28.9 Å². The number of hydrogen-bond acceptors (Lipinski definition) is 2. The first-order valence-electron chi connectivity index (χ1n) is 6.70. The summed E-state index contributed by atoms with van der Waals surface area (Å²) in [5.74, 6) is -0.197. The minimum Gasteiger partial charge on any atom is -0.313 e. The molecule has 106 valence electrons. The van der Waals surface area contributed by atoms with Gasteiger partial charge in [-0.25, -0.2) is 4.39 Å². The molecule has 2 aromatic rings. The van der Waals surface area contributed by atoms with E-state index in [4.69, 9.17) is 0 Å². The van der Waals surface area contributed by atoms with E-state index >= 15 is 0 Å². The van der Waals surface area contributed by atoms with E-state index in [-0.39, 0.29) is 11.9 Å². The molecule has 0 spiro atoms. The average molecular weight is 337 g/mol. The molecule has 0 saturated carbocycles. The number of nitrogens with zero attached hydrogens (tertiary/aromatic N) is 1. The van der Waals surface area contributed by atoms with Crippen LogP contribution >= 0.6 is 15.9 Å². The number of benzene rings is 1. The fourth-order valence-electron chi connectivity index (χ4n) is 2.14. The second-order valence-corrected chi connectivity index (χ2v) is 5.64. The van der Waals surface area contributed by atoms with Gasteiger partial charge in [-0.2, -0.15) is 0 Å². The van der Waals surface area contributed by atoms with Crippen LogP contribution in [-0.2, 0) is 12.8 Å². The van der Waals surface area contributed by atoms with Gasteiger partial charge in [0.25, 0.3) is 0 Å². The van der Waals surface area contributed by atoms with Gasteiger partial charge in [-0.15, -0.1) is 0 Å². The van der Waals surface area contributed by atoms with Crippen LogP contribution in [0.25, 0.3) is 0 Å². The lowest BCUT2D eigenvalue weighted by Crippen LogP contribution is -2.20. The summed E-state index contributed by atoms with van der Waals surface area (Å²) in [6.45, 7) is 2.10. The molecule has 2 nitrogen and oxygen atoms in total. The van der Waals surface area contributed by atoms with Crippen LogP contribution in [0.3, 0.4) is 0 Å². The summed E-state index contributed by atoms with van der Waals surface area (Å²) < 4.78 is 14.8. The van der Waals surface area contributed by atoms with Gasteiger partial charge < -0.3 is 5.32 Å². The van der Waals surface area contributed by atoms with E-state index < -0.39 is 0 Å². The first-order chi connectivity index (χ1) is 9.63. The van der Waals surface area contributed by atoms with E-state index in [0.29, 0.717) is 12.0 Å². The molecule has 2 rings (SSSR count). The van der Waals surface area contributed by atoms with Crippen LogP contribution in [0.4, 0.5) is 4.39 Å². The lowest BCUT2D eigenvalue weighted by molar-refractivity contribution is 0.529. The van der Waals surface area contributed by atoms with Crippen molar-refractivity contribution < 1.29 is 4.39 Å². The molecule has 0 amide bonds. The van der Waals surface area contributed by atoms with Crippen LogP contribution in [-0.4, -0.2) is 12.0 Å². The molecule has 1 aromatic carbocycles. The van der Waals surface area contributed by atoms with Gasteiger partial charge in [0.1, 0.15) is 5.82 Å². The van der Waals surface area contributed by atoms with E-state index in [1.807, 2.05) is 25.4 Å². The number of halogens is 2. The van der Waals surface area contributed by atoms with Crippen molar-refractivity contribution in [3.05, 3.63) is 63.6 Å². The second kappa shape index (κ2) is 6.95. The van der Waals surface area contributed by atoms with Crippen LogP contribution in [0.5, 0.6) is 0 Å². The third-order valence-corrected chi connectivity index (χ3v) is 3.88. The van der Waals surface area contributed by atoms with Crippen molar-refractivity contribution in [3.63, 3.8) is 0 Å². The Bertz CT molecular complexity index is 569. The number of aryl methyl sites for hydroxylation is 1. The maximum absolute atomic E-state index is 13.9. The van der Waals surface area contributed by atoms with E-state index in [2.05, 4.69) is 39.2 Å². The monoisotopic (exact) mass is 336 g/mol. The summed E-state index contributed by atoms with van der Waals surface area (Å²) in [5.41, 5.74) is 2.83. The van der Waals surface area contributed by atoms with Gasteiger partial charge in [-0.3, -0.25) is 4.98 Å². The molecule has 1 heterocycles. The molecular weight excluding hydrogens is 319 g/mol. The predicted molar refractivity (Wildman–Crippen MR) is 83.2 cm³/mol. The van der Waals surface area contributed by atoms with Gasteiger partial charge in [0.15, 0.2) is 0 Å². The Morgan fingerprint density at radius 3 is 2.70 bits per heavy atom. The Morgan fingerprint density at radius 1 is 1.30 bits per heavy atom. The minimum atomic E-state index is -0.197. The predicted octanol–water partition coefficient (Wildman–Crippen LogP) is 4.05. The summed E-state index contributed by atoms with van der Waals surface area (Å²) in [7, 11) is 1.84. The van der Waals surface area contributed by atoms with Gasteiger partial charge in [0.2, 0.25) is 0 Å². The maximum atomic E-state index is 13.9. The first kappa shape index (κ1) is 15.1. The molecular formula is C16H18BrFN2. The quantitative estimate of drug-likeness (QED) is 0.890. The van der Waals surface area contributed by atoms with Crippen LogP contribution in [0.2, 0.25) is 0 Å². The number of hydrogen-bond donors (Lipinski definition) is 1. The largest absolute Gasteiger partial charge is 0.313 e. The number of likely N-dealkylation sites (N-methyl/N-ethyl adjacent to an activating group) is 1. The Balaban J connectivity index is 2.21. The van der Waals surface area contributed by atoms with Crippen molar-refractivity contribution in [2.24, 2.45) is 0 Å². The minimum absolute atomic E-state index is 0.0903.